The van der Waals surface area contributed by atoms with Crippen LogP contribution >= 0.6 is 23.1 Å². The summed E-state index contributed by atoms with van der Waals surface area (Å²) < 4.78 is 1.87. The fourth-order valence-corrected chi connectivity index (χ4v) is 4.28. The minimum atomic E-state index is 0.820. The molecule has 0 aromatic carbocycles. The number of anilines is 1. The van der Waals surface area contributed by atoms with E-state index in [9.17, 15) is 0 Å². The van der Waals surface area contributed by atoms with Gasteiger partial charge >= 0.3 is 0 Å². The largest absolute Gasteiger partial charge is 0.339 e. The van der Waals surface area contributed by atoms with Gasteiger partial charge in [0.05, 0.1) is 5.69 Å². The van der Waals surface area contributed by atoms with Crippen molar-refractivity contribution in [3.05, 3.63) is 35.3 Å². The summed E-state index contributed by atoms with van der Waals surface area (Å²) in [6.07, 6.45) is 3.76. The molecule has 0 unspecified atom stereocenters. The molecule has 0 amide bonds. The van der Waals surface area contributed by atoms with Crippen LogP contribution in [0.4, 0.5) is 5.95 Å². The predicted octanol–water partition coefficient (Wildman–Crippen LogP) is 3.16. The van der Waals surface area contributed by atoms with Crippen LogP contribution in [0, 0.1) is 0 Å². The lowest BCUT2D eigenvalue weighted by Crippen LogP contribution is -2.33. The van der Waals surface area contributed by atoms with E-state index in [1.807, 2.05) is 42.0 Å². The van der Waals surface area contributed by atoms with Crippen LogP contribution in [-0.4, -0.2) is 44.3 Å². The Balaban J connectivity index is 1.83. The van der Waals surface area contributed by atoms with Gasteiger partial charge in [-0.2, -0.15) is 28.2 Å². The average molecular weight is 343 g/mol. The standard InChI is InChI=1S/C16H17N5S2/c1-20-14(2-4-18-20)15-13(12-3-7-23-11-12)10-17-16(19-15)21-5-8-22-9-6-21/h2-4,7,10-11H,5-6,8-9H2,1H3. The van der Waals surface area contributed by atoms with Crippen molar-refractivity contribution in [1.29, 1.82) is 0 Å². The second-order valence-corrected chi connectivity index (χ2v) is 7.39. The first-order valence-electron chi connectivity index (χ1n) is 7.53. The molecule has 0 spiro atoms. The molecule has 4 rings (SSSR count). The first-order valence-corrected chi connectivity index (χ1v) is 9.63. The molecule has 0 atom stereocenters. The summed E-state index contributed by atoms with van der Waals surface area (Å²) >= 11 is 3.67. The molecular weight excluding hydrogens is 326 g/mol. The highest BCUT2D eigenvalue weighted by atomic mass is 32.2. The SMILES string of the molecule is Cn1nccc1-c1nc(N2CCSCC2)ncc1-c1ccsc1. The number of thiophene rings is 1. The van der Waals surface area contributed by atoms with Gasteiger partial charge in [0.1, 0.15) is 5.69 Å². The molecule has 0 saturated carbocycles. The lowest BCUT2D eigenvalue weighted by Gasteiger charge is -2.26. The smallest absolute Gasteiger partial charge is 0.226 e. The summed E-state index contributed by atoms with van der Waals surface area (Å²) in [6.45, 7) is 2.01. The molecule has 7 heteroatoms. The first-order chi connectivity index (χ1) is 11.3. The number of nitrogens with zero attached hydrogens (tertiary/aromatic N) is 5. The average Bonchev–Trinajstić information content (AvgIpc) is 3.27. The molecule has 0 radical (unpaired) electrons. The van der Waals surface area contributed by atoms with Crippen LogP contribution in [0.2, 0.25) is 0 Å². The molecule has 0 aliphatic carbocycles. The summed E-state index contributed by atoms with van der Waals surface area (Å²) in [5, 5.41) is 8.52. The van der Waals surface area contributed by atoms with Gasteiger partial charge in [0.25, 0.3) is 0 Å². The van der Waals surface area contributed by atoms with E-state index in [2.05, 4.69) is 31.8 Å². The van der Waals surface area contributed by atoms with Crippen molar-refractivity contribution in [2.45, 2.75) is 0 Å². The lowest BCUT2D eigenvalue weighted by molar-refractivity contribution is 0.770. The van der Waals surface area contributed by atoms with Crippen LogP contribution in [0.1, 0.15) is 0 Å². The van der Waals surface area contributed by atoms with Gasteiger partial charge in [0, 0.05) is 49.6 Å². The third-order valence-corrected chi connectivity index (χ3v) is 5.59. The van der Waals surface area contributed by atoms with Crippen LogP contribution in [0.5, 0.6) is 0 Å². The fraction of sp³-hybridized carbons (Fsp3) is 0.312. The fourth-order valence-electron chi connectivity index (χ4n) is 2.72. The number of aromatic nitrogens is 4. The molecule has 0 N–H and O–H groups in total. The van der Waals surface area contributed by atoms with Crippen LogP contribution in [0.15, 0.2) is 35.3 Å². The molecule has 0 bridgehead atoms. The van der Waals surface area contributed by atoms with E-state index in [1.54, 1.807) is 11.3 Å². The van der Waals surface area contributed by atoms with Crippen molar-refractivity contribution in [3.8, 4) is 22.5 Å². The van der Waals surface area contributed by atoms with Gasteiger partial charge in [-0.15, -0.1) is 0 Å². The maximum Gasteiger partial charge on any atom is 0.226 e. The van der Waals surface area contributed by atoms with Crippen molar-refractivity contribution < 1.29 is 0 Å². The van der Waals surface area contributed by atoms with Gasteiger partial charge in [-0.3, -0.25) is 4.68 Å². The van der Waals surface area contributed by atoms with Gasteiger partial charge in [0.15, 0.2) is 0 Å². The van der Waals surface area contributed by atoms with Crippen molar-refractivity contribution in [2.75, 3.05) is 29.5 Å². The molecule has 3 aromatic heterocycles. The van der Waals surface area contributed by atoms with E-state index in [1.165, 1.54) is 0 Å². The number of aryl methyl sites for hydroxylation is 1. The van der Waals surface area contributed by atoms with E-state index in [-0.39, 0.29) is 0 Å². The zero-order valence-corrected chi connectivity index (χ0v) is 14.5. The third-order valence-electron chi connectivity index (χ3n) is 3.97. The molecule has 1 saturated heterocycles. The quantitative estimate of drug-likeness (QED) is 0.731. The van der Waals surface area contributed by atoms with Gasteiger partial charge < -0.3 is 4.90 Å². The van der Waals surface area contributed by atoms with Gasteiger partial charge in [-0.1, -0.05) is 0 Å². The van der Waals surface area contributed by atoms with Crippen molar-refractivity contribution >= 4 is 29.0 Å². The van der Waals surface area contributed by atoms with E-state index >= 15 is 0 Å². The van der Waals surface area contributed by atoms with Crippen molar-refractivity contribution in [3.63, 3.8) is 0 Å². The Bertz CT molecular complexity index is 791. The summed E-state index contributed by atoms with van der Waals surface area (Å²) in [6, 6.07) is 4.12. The number of hydrogen-bond acceptors (Lipinski definition) is 6. The highest BCUT2D eigenvalue weighted by Crippen LogP contribution is 2.32. The molecule has 23 heavy (non-hydrogen) atoms. The van der Waals surface area contributed by atoms with Gasteiger partial charge in [0.2, 0.25) is 5.95 Å². The van der Waals surface area contributed by atoms with Crippen LogP contribution < -0.4 is 4.90 Å². The maximum absolute atomic E-state index is 4.90. The summed E-state index contributed by atoms with van der Waals surface area (Å²) in [7, 11) is 1.95. The van der Waals surface area contributed by atoms with E-state index in [0.717, 1.165) is 53.1 Å². The van der Waals surface area contributed by atoms with E-state index in [4.69, 9.17) is 4.98 Å². The van der Waals surface area contributed by atoms with Crippen LogP contribution in [0.3, 0.4) is 0 Å². The Kier molecular flexibility index (Phi) is 4.05. The Morgan fingerprint density at radius 3 is 2.74 bits per heavy atom. The van der Waals surface area contributed by atoms with Crippen molar-refractivity contribution in [1.82, 2.24) is 19.7 Å². The highest BCUT2D eigenvalue weighted by Gasteiger charge is 2.19. The van der Waals surface area contributed by atoms with Crippen LogP contribution in [0.25, 0.3) is 22.5 Å². The highest BCUT2D eigenvalue weighted by molar-refractivity contribution is 7.99. The molecule has 3 aromatic rings. The Morgan fingerprint density at radius 2 is 2.04 bits per heavy atom. The second-order valence-electron chi connectivity index (χ2n) is 5.38. The second kappa shape index (κ2) is 6.33. The molecule has 1 aliphatic heterocycles. The number of rotatable bonds is 3. The summed E-state index contributed by atoms with van der Waals surface area (Å²) in [5.74, 6) is 3.09. The minimum Gasteiger partial charge on any atom is -0.339 e. The van der Waals surface area contributed by atoms with Gasteiger partial charge in [-0.05, 0) is 28.5 Å². The predicted molar refractivity (Wildman–Crippen MR) is 97.1 cm³/mol. The lowest BCUT2D eigenvalue weighted by atomic mass is 10.1. The number of hydrogen-bond donors (Lipinski definition) is 0. The Labute approximate surface area is 143 Å². The molecule has 1 aliphatic rings. The third kappa shape index (κ3) is 2.86. The van der Waals surface area contributed by atoms with Crippen molar-refractivity contribution in [2.24, 2.45) is 7.05 Å². The first kappa shape index (κ1) is 14.7. The molecule has 5 nitrogen and oxygen atoms in total. The van der Waals surface area contributed by atoms with Gasteiger partial charge in [-0.25, -0.2) is 9.97 Å². The van der Waals surface area contributed by atoms with E-state index < -0.39 is 0 Å². The zero-order chi connectivity index (χ0) is 15.6. The molecule has 4 heterocycles. The monoisotopic (exact) mass is 343 g/mol. The van der Waals surface area contributed by atoms with E-state index in [0.29, 0.717) is 0 Å². The minimum absolute atomic E-state index is 0.820. The zero-order valence-electron chi connectivity index (χ0n) is 12.8. The number of thioether (sulfide) groups is 1. The topological polar surface area (TPSA) is 46.8 Å². The summed E-state index contributed by atoms with van der Waals surface area (Å²) in [5.41, 5.74) is 4.18. The maximum atomic E-state index is 4.90. The molecule has 118 valence electrons. The Hall–Kier alpha value is -1.86. The summed E-state index contributed by atoms with van der Waals surface area (Å²) in [4.78, 5) is 11.8. The molecular formula is C16H17N5S2. The Morgan fingerprint density at radius 1 is 1.17 bits per heavy atom. The molecule has 1 fully saturated rings. The normalized spacial score (nSPS) is 15.1. The van der Waals surface area contributed by atoms with Crippen LogP contribution in [-0.2, 0) is 7.05 Å².